The number of nitrogens with zero attached hydrogens (tertiary/aromatic N) is 1. The van der Waals surface area contributed by atoms with Crippen LogP contribution in [0.15, 0.2) is 0 Å². The number of carbonyl (C=O) groups excluding carboxylic acids is 1. The molecule has 0 rings (SSSR count). The van der Waals surface area contributed by atoms with E-state index < -0.39 is 0 Å². The molecule has 0 bridgehead atoms. The molecule has 1 atom stereocenters. The van der Waals surface area contributed by atoms with Crippen LogP contribution in [0, 0.1) is 5.92 Å². The SMILES string of the molecule is CC(C(=O)NCCCN(C)C(C)C)C(N)=S. The van der Waals surface area contributed by atoms with Crippen LogP contribution in [0.25, 0.3) is 0 Å². The molecule has 0 aromatic rings. The molecule has 0 fully saturated rings. The van der Waals surface area contributed by atoms with Gasteiger partial charge in [-0.15, -0.1) is 0 Å². The second-order valence-electron chi connectivity index (χ2n) is 4.34. The molecule has 0 radical (unpaired) electrons. The van der Waals surface area contributed by atoms with Crippen LogP contribution in [-0.2, 0) is 4.79 Å². The Morgan fingerprint density at radius 3 is 2.44 bits per heavy atom. The van der Waals surface area contributed by atoms with E-state index in [1.165, 1.54) is 0 Å². The minimum atomic E-state index is -0.377. The fourth-order valence-electron chi connectivity index (χ4n) is 1.08. The molecule has 0 spiro atoms. The number of hydrogen-bond acceptors (Lipinski definition) is 3. The molecule has 4 nitrogen and oxygen atoms in total. The molecule has 0 saturated carbocycles. The zero-order valence-corrected chi connectivity index (χ0v) is 11.4. The molecule has 0 aliphatic carbocycles. The van der Waals surface area contributed by atoms with E-state index in [-0.39, 0.29) is 16.8 Å². The predicted molar refractivity (Wildman–Crippen MR) is 71.3 cm³/mol. The van der Waals surface area contributed by atoms with Gasteiger partial charge in [0, 0.05) is 12.6 Å². The second-order valence-corrected chi connectivity index (χ2v) is 4.81. The first-order chi connectivity index (χ1) is 7.36. The quantitative estimate of drug-likeness (QED) is 0.513. The van der Waals surface area contributed by atoms with Crippen molar-refractivity contribution in [2.24, 2.45) is 11.7 Å². The van der Waals surface area contributed by atoms with Gasteiger partial charge in [0.1, 0.15) is 0 Å². The zero-order valence-electron chi connectivity index (χ0n) is 10.6. The van der Waals surface area contributed by atoms with E-state index in [1.54, 1.807) is 6.92 Å². The Kier molecular flexibility index (Phi) is 7.25. The summed E-state index contributed by atoms with van der Waals surface area (Å²) in [5.74, 6) is -0.461. The van der Waals surface area contributed by atoms with Crippen molar-refractivity contribution in [3.05, 3.63) is 0 Å². The number of amides is 1. The van der Waals surface area contributed by atoms with Crippen LogP contribution in [0.4, 0.5) is 0 Å². The van der Waals surface area contributed by atoms with Crippen molar-refractivity contribution in [2.75, 3.05) is 20.1 Å². The summed E-state index contributed by atoms with van der Waals surface area (Å²) in [6.45, 7) is 7.65. The van der Waals surface area contributed by atoms with E-state index in [1.807, 2.05) is 0 Å². The van der Waals surface area contributed by atoms with E-state index in [2.05, 4.69) is 31.1 Å². The molecule has 0 aliphatic rings. The van der Waals surface area contributed by atoms with E-state index in [0.717, 1.165) is 13.0 Å². The van der Waals surface area contributed by atoms with Crippen molar-refractivity contribution in [3.8, 4) is 0 Å². The van der Waals surface area contributed by atoms with Crippen molar-refractivity contribution in [1.82, 2.24) is 10.2 Å². The lowest BCUT2D eigenvalue weighted by atomic mass is 10.1. The first-order valence-electron chi connectivity index (χ1n) is 5.63. The third-order valence-electron chi connectivity index (χ3n) is 2.69. The van der Waals surface area contributed by atoms with Gasteiger partial charge in [-0.25, -0.2) is 0 Å². The monoisotopic (exact) mass is 245 g/mol. The number of nitrogens with one attached hydrogen (secondary N) is 1. The molecule has 5 heteroatoms. The van der Waals surface area contributed by atoms with E-state index in [4.69, 9.17) is 18.0 Å². The standard InChI is InChI=1S/C11H23N3OS/c1-8(2)14(4)7-5-6-13-11(15)9(3)10(12)16/h8-9H,5-7H2,1-4H3,(H2,12,16)(H,13,15). The molecule has 0 aliphatic heterocycles. The van der Waals surface area contributed by atoms with Crippen LogP contribution in [0.1, 0.15) is 27.2 Å². The zero-order chi connectivity index (χ0) is 12.7. The first kappa shape index (κ1) is 15.3. The van der Waals surface area contributed by atoms with Gasteiger partial charge in [-0.05, 0) is 40.8 Å². The molecule has 0 aromatic carbocycles. The normalized spacial score (nSPS) is 12.9. The summed E-state index contributed by atoms with van der Waals surface area (Å²) in [6, 6.07) is 0.534. The molecule has 1 unspecified atom stereocenters. The summed E-state index contributed by atoms with van der Waals surface area (Å²) in [5, 5.41) is 2.82. The number of rotatable bonds is 7. The molecular weight excluding hydrogens is 222 g/mol. The Balaban J connectivity index is 3.67. The Bertz CT molecular complexity index is 243. The highest BCUT2D eigenvalue weighted by molar-refractivity contribution is 7.80. The van der Waals surface area contributed by atoms with Gasteiger partial charge in [-0.3, -0.25) is 4.79 Å². The number of carbonyl (C=O) groups is 1. The maximum Gasteiger partial charge on any atom is 0.229 e. The molecule has 0 aromatic heterocycles. The minimum absolute atomic E-state index is 0.0836. The molecule has 16 heavy (non-hydrogen) atoms. The summed E-state index contributed by atoms with van der Waals surface area (Å²) >= 11 is 4.76. The topological polar surface area (TPSA) is 58.4 Å². The summed E-state index contributed by atoms with van der Waals surface area (Å²) < 4.78 is 0. The lowest BCUT2D eigenvalue weighted by molar-refractivity contribution is -0.122. The van der Waals surface area contributed by atoms with Gasteiger partial charge < -0.3 is 16.0 Å². The van der Waals surface area contributed by atoms with Crippen LogP contribution < -0.4 is 11.1 Å². The lowest BCUT2D eigenvalue weighted by Gasteiger charge is -2.20. The van der Waals surface area contributed by atoms with Crippen molar-refractivity contribution in [3.63, 3.8) is 0 Å². The average molecular weight is 245 g/mol. The molecular formula is C11H23N3OS. The predicted octanol–water partition coefficient (Wildman–Crippen LogP) is 0.755. The molecule has 1 amide bonds. The Morgan fingerprint density at radius 1 is 1.44 bits per heavy atom. The van der Waals surface area contributed by atoms with Crippen LogP contribution >= 0.6 is 12.2 Å². The van der Waals surface area contributed by atoms with Gasteiger partial charge in [0.25, 0.3) is 0 Å². The van der Waals surface area contributed by atoms with Gasteiger partial charge in [0.05, 0.1) is 10.9 Å². The highest BCUT2D eigenvalue weighted by Gasteiger charge is 2.14. The summed E-state index contributed by atoms with van der Waals surface area (Å²) in [5.41, 5.74) is 5.39. The Labute approximate surface area is 104 Å². The second kappa shape index (κ2) is 7.57. The number of nitrogens with two attached hydrogens (primary N) is 1. The van der Waals surface area contributed by atoms with Crippen LogP contribution in [-0.4, -0.2) is 42.0 Å². The van der Waals surface area contributed by atoms with E-state index in [0.29, 0.717) is 12.6 Å². The highest BCUT2D eigenvalue weighted by atomic mass is 32.1. The van der Waals surface area contributed by atoms with Crippen LogP contribution in [0.3, 0.4) is 0 Å². The maximum atomic E-state index is 11.5. The Morgan fingerprint density at radius 2 is 2.00 bits per heavy atom. The largest absolute Gasteiger partial charge is 0.393 e. The molecule has 3 N–H and O–H groups in total. The first-order valence-corrected chi connectivity index (χ1v) is 6.04. The van der Waals surface area contributed by atoms with Crippen LogP contribution in [0.2, 0.25) is 0 Å². The smallest absolute Gasteiger partial charge is 0.229 e. The van der Waals surface area contributed by atoms with Gasteiger partial charge in [0.15, 0.2) is 0 Å². The third kappa shape index (κ3) is 6.02. The van der Waals surface area contributed by atoms with Crippen molar-refractivity contribution in [1.29, 1.82) is 0 Å². The van der Waals surface area contributed by atoms with Gasteiger partial charge >= 0.3 is 0 Å². The summed E-state index contributed by atoms with van der Waals surface area (Å²) in [4.78, 5) is 14.0. The van der Waals surface area contributed by atoms with Crippen LogP contribution in [0.5, 0.6) is 0 Å². The van der Waals surface area contributed by atoms with Gasteiger partial charge in [-0.2, -0.15) is 0 Å². The number of hydrogen-bond donors (Lipinski definition) is 2. The summed E-state index contributed by atoms with van der Waals surface area (Å²) in [7, 11) is 2.07. The fourth-order valence-corrected chi connectivity index (χ4v) is 1.19. The average Bonchev–Trinajstić information content (AvgIpc) is 2.22. The van der Waals surface area contributed by atoms with Gasteiger partial charge in [0.2, 0.25) is 5.91 Å². The summed E-state index contributed by atoms with van der Waals surface area (Å²) in [6.07, 6.45) is 0.935. The maximum absolute atomic E-state index is 11.5. The minimum Gasteiger partial charge on any atom is -0.393 e. The van der Waals surface area contributed by atoms with E-state index in [9.17, 15) is 4.79 Å². The van der Waals surface area contributed by atoms with Crippen molar-refractivity contribution < 1.29 is 4.79 Å². The Hall–Kier alpha value is -0.680. The highest BCUT2D eigenvalue weighted by Crippen LogP contribution is 1.96. The van der Waals surface area contributed by atoms with E-state index >= 15 is 0 Å². The van der Waals surface area contributed by atoms with Crippen molar-refractivity contribution in [2.45, 2.75) is 33.2 Å². The van der Waals surface area contributed by atoms with Crippen molar-refractivity contribution >= 4 is 23.1 Å². The molecule has 0 heterocycles. The molecule has 0 saturated heterocycles. The fraction of sp³-hybridized carbons (Fsp3) is 0.818. The lowest BCUT2D eigenvalue weighted by Crippen LogP contribution is -2.37. The van der Waals surface area contributed by atoms with Gasteiger partial charge in [-0.1, -0.05) is 12.2 Å². The molecule has 94 valence electrons. The number of thiocarbonyl (C=S) groups is 1. The third-order valence-corrected chi connectivity index (χ3v) is 3.04.